The van der Waals surface area contributed by atoms with Crippen molar-refractivity contribution in [2.75, 3.05) is 24.6 Å². The topological polar surface area (TPSA) is 64.9 Å². The van der Waals surface area contributed by atoms with Gasteiger partial charge in [0.2, 0.25) is 0 Å². The molecule has 0 saturated carbocycles. The average Bonchev–Trinajstić information content (AvgIpc) is 2.41. The van der Waals surface area contributed by atoms with Gasteiger partial charge < -0.3 is 10.0 Å². The molecule has 0 aliphatic carbocycles. The Morgan fingerprint density at radius 3 is 2.44 bits per heavy atom. The van der Waals surface area contributed by atoms with E-state index in [0.717, 1.165) is 24.3 Å². The summed E-state index contributed by atoms with van der Waals surface area (Å²) in [5.74, 6) is -0.522. The lowest BCUT2D eigenvalue weighted by Crippen LogP contribution is -2.21. The molecule has 0 saturated heterocycles. The molecule has 0 heterocycles. The second-order valence-corrected chi connectivity index (χ2v) is 3.72. The number of benzene rings is 1. The number of hydrazone groups is 1. The highest BCUT2D eigenvalue weighted by atomic mass is 16.3. The second kappa shape index (κ2) is 7.45. The molecule has 98 valence electrons. The molecule has 5 heteroatoms. The fraction of sp³-hybridized carbons (Fsp3) is 0.385. The molecule has 18 heavy (non-hydrogen) atoms. The molecule has 0 aliphatic rings. The van der Waals surface area contributed by atoms with Crippen LogP contribution in [-0.4, -0.2) is 36.9 Å². The monoisotopic (exact) mass is 249 g/mol. The van der Waals surface area contributed by atoms with E-state index in [-0.39, 0.29) is 0 Å². The average molecular weight is 249 g/mol. The fourth-order valence-corrected chi connectivity index (χ4v) is 1.57. The number of hydrogen-bond donors (Lipinski definition) is 2. The minimum atomic E-state index is -0.557. The molecule has 1 aromatic carbocycles. The maximum absolute atomic E-state index is 10.7. The van der Waals surface area contributed by atoms with E-state index in [1.807, 2.05) is 24.3 Å². The van der Waals surface area contributed by atoms with Crippen LogP contribution < -0.4 is 10.3 Å². The van der Waals surface area contributed by atoms with Gasteiger partial charge in [-0.25, -0.2) is 5.43 Å². The molecule has 2 N–H and O–H groups in total. The molecule has 0 radical (unpaired) electrons. The van der Waals surface area contributed by atoms with Crippen LogP contribution in [0.25, 0.3) is 0 Å². The van der Waals surface area contributed by atoms with Crippen LogP contribution in [0.1, 0.15) is 19.4 Å². The Kier molecular flexibility index (Phi) is 5.87. The van der Waals surface area contributed by atoms with E-state index >= 15 is 0 Å². The molecule has 1 aromatic rings. The van der Waals surface area contributed by atoms with Crippen LogP contribution in [0.3, 0.4) is 0 Å². The maximum Gasteiger partial charge on any atom is 0.265 e. The first-order valence-corrected chi connectivity index (χ1v) is 5.99. The number of hydrogen-bond acceptors (Lipinski definition) is 4. The molecule has 0 bridgehead atoms. The number of anilines is 1. The number of amides is 1. The number of nitrogens with one attached hydrogen (secondary N) is 1. The SMILES string of the molecule is CCN(CC)c1ccc(C=NNC(=O)CO)cc1. The molecule has 1 rings (SSSR count). The van der Waals surface area contributed by atoms with E-state index in [1.165, 1.54) is 0 Å². The van der Waals surface area contributed by atoms with Crippen molar-refractivity contribution in [2.24, 2.45) is 5.10 Å². The summed E-state index contributed by atoms with van der Waals surface area (Å²) >= 11 is 0. The minimum absolute atomic E-state index is 0.522. The Hall–Kier alpha value is -1.88. The lowest BCUT2D eigenvalue weighted by atomic mass is 10.2. The highest BCUT2D eigenvalue weighted by molar-refractivity contribution is 5.83. The van der Waals surface area contributed by atoms with Crippen molar-refractivity contribution in [3.8, 4) is 0 Å². The minimum Gasteiger partial charge on any atom is -0.386 e. The van der Waals surface area contributed by atoms with E-state index in [9.17, 15) is 4.79 Å². The van der Waals surface area contributed by atoms with Gasteiger partial charge in [0, 0.05) is 18.8 Å². The predicted molar refractivity (Wildman–Crippen MR) is 72.8 cm³/mol. The standard InChI is InChI=1S/C13H19N3O2/c1-3-16(4-2)12-7-5-11(6-8-12)9-14-15-13(18)10-17/h5-9,17H,3-4,10H2,1-2H3,(H,15,18). The summed E-state index contributed by atoms with van der Waals surface area (Å²) in [6.45, 7) is 5.61. The molecule has 1 amide bonds. The van der Waals surface area contributed by atoms with Crippen LogP contribution in [0.5, 0.6) is 0 Å². The number of aliphatic hydroxyl groups excluding tert-OH is 1. The molecule has 0 aromatic heterocycles. The predicted octanol–water partition coefficient (Wildman–Crippen LogP) is 0.975. The first-order chi connectivity index (χ1) is 8.71. The zero-order valence-corrected chi connectivity index (χ0v) is 10.8. The lowest BCUT2D eigenvalue weighted by molar-refractivity contribution is -0.123. The van der Waals surface area contributed by atoms with E-state index in [0.29, 0.717) is 0 Å². The van der Waals surface area contributed by atoms with Crippen LogP contribution in [0.15, 0.2) is 29.4 Å². The second-order valence-electron chi connectivity index (χ2n) is 3.72. The van der Waals surface area contributed by atoms with E-state index in [4.69, 9.17) is 5.11 Å². The summed E-state index contributed by atoms with van der Waals surface area (Å²) in [5.41, 5.74) is 4.27. The normalized spacial score (nSPS) is 10.6. The van der Waals surface area contributed by atoms with Crippen LogP contribution >= 0.6 is 0 Å². The Morgan fingerprint density at radius 1 is 1.33 bits per heavy atom. The lowest BCUT2D eigenvalue weighted by Gasteiger charge is -2.20. The van der Waals surface area contributed by atoms with Gasteiger partial charge in [0.15, 0.2) is 0 Å². The number of rotatable bonds is 6. The van der Waals surface area contributed by atoms with Gasteiger partial charge in [-0.3, -0.25) is 4.79 Å². The molecule has 5 nitrogen and oxygen atoms in total. The molecule has 0 unspecified atom stereocenters. The van der Waals surface area contributed by atoms with Crippen molar-refractivity contribution >= 4 is 17.8 Å². The molecule has 0 fully saturated rings. The van der Waals surface area contributed by atoms with Gasteiger partial charge in [0.25, 0.3) is 5.91 Å². The summed E-state index contributed by atoms with van der Waals surface area (Å²) in [5, 5.41) is 12.2. The largest absolute Gasteiger partial charge is 0.386 e. The molecule has 0 atom stereocenters. The van der Waals surface area contributed by atoms with Gasteiger partial charge in [-0.2, -0.15) is 5.10 Å². The van der Waals surface area contributed by atoms with Gasteiger partial charge in [0.05, 0.1) is 6.21 Å². The first kappa shape index (κ1) is 14.2. The summed E-state index contributed by atoms with van der Waals surface area (Å²) < 4.78 is 0. The van der Waals surface area contributed by atoms with Crippen molar-refractivity contribution in [3.63, 3.8) is 0 Å². The van der Waals surface area contributed by atoms with Gasteiger partial charge in [-0.05, 0) is 31.5 Å². The maximum atomic E-state index is 10.7. The van der Waals surface area contributed by atoms with Gasteiger partial charge in [0.1, 0.15) is 6.61 Å². The van der Waals surface area contributed by atoms with Crippen molar-refractivity contribution < 1.29 is 9.90 Å². The zero-order chi connectivity index (χ0) is 13.4. The van der Waals surface area contributed by atoms with Gasteiger partial charge >= 0.3 is 0 Å². The zero-order valence-electron chi connectivity index (χ0n) is 10.8. The number of nitrogens with zero attached hydrogens (tertiary/aromatic N) is 2. The number of aliphatic hydroxyl groups is 1. The Balaban J connectivity index is 2.62. The summed E-state index contributed by atoms with van der Waals surface area (Å²) in [6, 6.07) is 7.90. The van der Waals surface area contributed by atoms with Crippen molar-refractivity contribution in [1.82, 2.24) is 5.43 Å². The van der Waals surface area contributed by atoms with Crippen LogP contribution in [-0.2, 0) is 4.79 Å². The van der Waals surface area contributed by atoms with Crippen molar-refractivity contribution in [3.05, 3.63) is 29.8 Å². The molecular formula is C13H19N3O2. The van der Waals surface area contributed by atoms with Crippen LogP contribution in [0.4, 0.5) is 5.69 Å². The smallest absolute Gasteiger partial charge is 0.265 e. The summed E-state index contributed by atoms with van der Waals surface area (Å²) in [7, 11) is 0. The third-order valence-corrected chi connectivity index (χ3v) is 2.57. The van der Waals surface area contributed by atoms with Crippen LogP contribution in [0.2, 0.25) is 0 Å². The Bertz CT molecular complexity index is 397. The quantitative estimate of drug-likeness (QED) is 0.583. The Morgan fingerprint density at radius 2 is 1.94 bits per heavy atom. The van der Waals surface area contributed by atoms with Crippen molar-refractivity contribution in [2.45, 2.75) is 13.8 Å². The first-order valence-electron chi connectivity index (χ1n) is 5.99. The van der Waals surface area contributed by atoms with Crippen molar-refractivity contribution in [1.29, 1.82) is 0 Å². The Labute approximate surface area is 107 Å². The van der Waals surface area contributed by atoms with E-state index < -0.39 is 12.5 Å². The fourth-order valence-electron chi connectivity index (χ4n) is 1.57. The highest BCUT2D eigenvalue weighted by Gasteiger charge is 2.00. The molecule has 0 spiro atoms. The number of carbonyl (C=O) groups excluding carboxylic acids is 1. The summed E-state index contributed by atoms with van der Waals surface area (Å²) in [4.78, 5) is 13.0. The molecule has 0 aliphatic heterocycles. The third-order valence-electron chi connectivity index (χ3n) is 2.57. The summed E-state index contributed by atoms with van der Waals surface area (Å²) in [6.07, 6.45) is 1.54. The van der Waals surface area contributed by atoms with Crippen LogP contribution in [0, 0.1) is 0 Å². The van der Waals surface area contributed by atoms with Gasteiger partial charge in [-0.1, -0.05) is 12.1 Å². The highest BCUT2D eigenvalue weighted by Crippen LogP contribution is 2.13. The van der Waals surface area contributed by atoms with Gasteiger partial charge in [-0.15, -0.1) is 0 Å². The number of carbonyl (C=O) groups is 1. The van der Waals surface area contributed by atoms with E-state index in [2.05, 4.69) is 29.3 Å². The van der Waals surface area contributed by atoms with E-state index in [1.54, 1.807) is 6.21 Å². The third kappa shape index (κ3) is 4.18. The molecular weight excluding hydrogens is 230 g/mol.